The van der Waals surface area contributed by atoms with Crippen LogP contribution in [0, 0.1) is 5.92 Å². The Kier molecular flexibility index (Phi) is 4.43. The van der Waals surface area contributed by atoms with E-state index in [1.54, 1.807) is 7.11 Å². The van der Waals surface area contributed by atoms with Gasteiger partial charge in [-0.2, -0.15) is 0 Å². The number of ether oxygens (including phenoxy) is 1. The minimum absolute atomic E-state index is 0.344. The molecule has 0 amide bonds. The van der Waals surface area contributed by atoms with Gasteiger partial charge in [0, 0.05) is 12.1 Å². The normalized spacial score (nSPS) is 11.0. The summed E-state index contributed by atoms with van der Waals surface area (Å²) in [6.45, 7) is 4.32. The number of halogens is 1. The van der Waals surface area contributed by atoms with Crippen LogP contribution in [0.25, 0.3) is 5.69 Å². The zero-order chi connectivity index (χ0) is 13.8. The van der Waals surface area contributed by atoms with Gasteiger partial charge >= 0.3 is 0 Å². The van der Waals surface area contributed by atoms with Crippen molar-refractivity contribution >= 4 is 11.6 Å². The molecule has 2 aromatic rings. The molecule has 0 unspecified atom stereocenters. The number of nitrogens with zero attached hydrogens (tertiary/aromatic N) is 3. The van der Waals surface area contributed by atoms with E-state index in [0.29, 0.717) is 11.8 Å². The average Bonchev–Trinajstić information content (AvgIpc) is 2.81. The number of aromatic nitrogens is 3. The molecule has 1 aromatic carbocycles. The number of hydrogen-bond acceptors (Lipinski definition) is 3. The van der Waals surface area contributed by atoms with Gasteiger partial charge < -0.3 is 4.74 Å². The summed E-state index contributed by atoms with van der Waals surface area (Å²) in [5, 5.41) is 8.40. The highest BCUT2D eigenvalue weighted by atomic mass is 35.5. The van der Waals surface area contributed by atoms with Gasteiger partial charge in [-0.1, -0.05) is 13.8 Å². The largest absolute Gasteiger partial charge is 0.497 e. The Hall–Kier alpha value is -1.55. The lowest BCUT2D eigenvalue weighted by atomic mass is 10.1. The van der Waals surface area contributed by atoms with E-state index in [1.807, 2.05) is 28.8 Å². The second kappa shape index (κ2) is 6.06. The topological polar surface area (TPSA) is 39.9 Å². The smallest absolute Gasteiger partial charge is 0.152 e. The van der Waals surface area contributed by atoms with Crippen LogP contribution in [0.4, 0.5) is 0 Å². The van der Waals surface area contributed by atoms with Gasteiger partial charge in [0.05, 0.1) is 13.0 Å². The van der Waals surface area contributed by atoms with Gasteiger partial charge in [0.1, 0.15) is 11.6 Å². The summed E-state index contributed by atoms with van der Waals surface area (Å²) >= 11 is 5.94. The fraction of sp³-hybridized carbons (Fsp3) is 0.429. The van der Waals surface area contributed by atoms with E-state index in [4.69, 9.17) is 16.3 Å². The van der Waals surface area contributed by atoms with E-state index >= 15 is 0 Å². The number of alkyl halides is 1. The van der Waals surface area contributed by atoms with Gasteiger partial charge in [-0.25, -0.2) is 0 Å². The Bertz CT molecular complexity index is 534. The van der Waals surface area contributed by atoms with Crippen LogP contribution in [0.1, 0.15) is 25.5 Å². The molecule has 0 aliphatic carbocycles. The molecule has 0 radical (unpaired) electrons. The van der Waals surface area contributed by atoms with Gasteiger partial charge in [0.2, 0.25) is 0 Å². The lowest BCUT2D eigenvalue weighted by molar-refractivity contribution is 0.414. The first-order valence-electron chi connectivity index (χ1n) is 6.29. The third-order valence-corrected chi connectivity index (χ3v) is 3.08. The van der Waals surface area contributed by atoms with Crippen LogP contribution >= 0.6 is 11.6 Å². The Morgan fingerprint density at radius 1 is 1.16 bits per heavy atom. The number of benzene rings is 1. The summed E-state index contributed by atoms with van der Waals surface area (Å²) in [6.07, 6.45) is 0.871. The van der Waals surface area contributed by atoms with Gasteiger partial charge in [-0.3, -0.25) is 4.57 Å². The molecule has 0 aliphatic heterocycles. The molecule has 0 bridgehead atoms. The van der Waals surface area contributed by atoms with Crippen molar-refractivity contribution < 1.29 is 4.74 Å². The van der Waals surface area contributed by atoms with Crippen LogP contribution in [0.3, 0.4) is 0 Å². The number of rotatable bonds is 5. The molecule has 19 heavy (non-hydrogen) atoms. The predicted molar refractivity (Wildman–Crippen MR) is 76.0 cm³/mol. The van der Waals surface area contributed by atoms with Crippen LogP contribution < -0.4 is 4.74 Å². The molecular formula is C14H18ClN3O. The summed E-state index contributed by atoms with van der Waals surface area (Å²) < 4.78 is 7.19. The third kappa shape index (κ3) is 3.07. The summed E-state index contributed by atoms with van der Waals surface area (Å²) in [6, 6.07) is 7.82. The lowest BCUT2D eigenvalue weighted by Gasteiger charge is -2.11. The molecule has 0 fully saturated rings. The molecule has 2 rings (SSSR count). The molecule has 0 aliphatic rings. The van der Waals surface area contributed by atoms with E-state index in [9.17, 15) is 0 Å². The molecule has 0 N–H and O–H groups in total. The van der Waals surface area contributed by atoms with Crippen molar-refractivity contribution in [3.05, 3.63) is 35.9 Å². The molecule has 0 saturated heterocycles. The van der Waals surface area contributed by atoms with Gasteiger partial charge in [-0.05, 0) is 30.2 Å². The van der Waals surface area contributed by atoms with Crippen LogP contribution in [0.2, 0.25) is 0 Å². The molecule has 0 spiro atoms. The monoisotopic (exact) mass is 279 g/mol. The molecule has 0 atom stereocenters. The van der Waals surface area contributed by atoms with Gasteiger partial charge in [0.15, 0.2) is 5.82 Å². The SMILES string of the molecule is COc1ccc(-n2c(CCl)nnc2CC(C)C)cc1. The predicted octanol–water partition coefficient (Wildman–Crippen LogP) is 3.21. The van der Waals surface area contributed by atoms with Crippen LogP contribution in [0.5, 0.6) is 5.75 Å². The van der Waals surface area contributed by atoms with E-state index in [2.05, 4.69) is 24.0 Å². The van der Waals surface area contributed by atoms with Crippen molar-refractivity contribution in [2.75, 3.05) is 7.11 Å². The lowest BCUT2D eigenvalue weighted by Crippen LogP contribution is -2.07. The standard InChI is InChI=1S/C14H18ClN3O/c1-10(2)8-13-16-17-14(9-15)18(13)11-4-6-12(19-3)7-5-11/h4-7,10H,8-9H2,1-3H3. The maximum absolute atomic E-state index is 5.94. The Morgan fingerprint density at radius 3 is 2.32 bits per heavy atom. The Labute approximate surface area is 118 Å². The molecule has 5 heteroatoms. The first-order chi connectivity index (χ1) is 9.15. The molecule has 0 saturated carbocycles. The van der Waals surface area contributed by atoms with E-state index in [-0.39, 0.29) is 0 Å². The number of methoxy groups -OCH3 is 1. The fourth-order valence-electron chi connectivity index (χ4n) is 1.97. The quantitative estimate of drug-likeness (QED) is 0.789. The summed E-state index contributed by atoms with van der Waals surface area (Å²) in [5.74, 6) is 3.40. The Balaban J connectivity index is 2.42. The molecule has 1 aromatic heterocycles. The fourth-order valence-corrected chi connectivity index (χ4v) is 2.14. The highest BCUT2D eigenvalue weighted by Crippen LogP contribution is 2.20. The summed E-state index contributed by atoms with van der Waals surface area (Å²) in [4.78, 5) is 0. The van der Waals surface area contributed by atoms with Crippen LogP contribution in [-0.2, 0) is 12.3 Å². The maximum atomic E-state index is 5.94. The van der Waals surface area contributed by atoms with Crippen LogP contribution in [-0.4, -0.2) is 21.9 Å². The Morgan fingerprint density at radius 2 is 1.79 bits per heavy atom. The molecule has 102 valence electrons. The van der Waals surface area contributed by atoms with E-state index in [0.717, 1.165) is 29.5 Å². The highest BCUT2D eigenvalue weighted by molar-refractivity contribution is 6.16. The summed E-state index contributed by atoms with van der Waals surface area (Å²) in [7, 11) is 1.65. The zero-order valence-electron chi connectivity index (χ0n) is 11.4. The molecular weight excluding hydrogens is 262 g/mol. The number of hydrogen-bond donors (Lipinski definition) is 0. The maximum Gasteiger partial charge on any atom is 0.152 e. The van der Waals surface area contributed by atoms with Gasteiger partial charge in [0.25, 0.3) is 0 Å². The second-order valence-electron chi connectivity index (χ2n) is 4.80. The minimum atomic E-state index is 0.344. The first kappa shape index (κ1) is 13.9. The molecule has 1 heterocycles. The van der Waals surface area contributed by atoms with Crippen molar-refractivity contribution in [3.8, 4) is 11.4 Å². The molecule has 4 nitrogen and oxygen atoms in total. The van der Waals surface area contributed by atoms with Crippen molar-refractivity contribution in [2.24, 2.45) is 5.92 Å². The average molecular weight is 280 g/mol. The highest BCUT2D eigenvalue weighted by Gasteiger charge is 2.14. The zero-order valence-corrected chi connectivity index (χ0v) is 12.2. The van der Waals surface area contributed by atoms with Crippen molar-refractivity contribution in [1.82, 2.24) is 14.8 Å². The van der Waals surface area contributed by atoms with Crippen molar-refractivity contribution in [3.63, 3.8) is 0 Å². The van der Waals surface area contributed by atoms with Crippen molar-refractivity contribution in [1.29, 1.82) is 0 Å². The first-order valence-corrected chi connectivity index (χ1v) is 6.82. The van der Waals surface area contributed by atoms with Gasteiger partial charge in [-0.15, -0.1) is 21.8 Å². The van der Waals surface area contributed by atoms with E-state index in [1.165, 1.54) is 0 Å². The van der Waals surface area contributed by atoms with E-state index < -0.39 is 0 Å². The third-order valence-electron chi connectivity index (χ3n) is 2.84. The second-order valence-corrected chi connectivity index (χ2v) is 5.06. The van der Waals surface area contributed by atoms with Crippen LogP contribution in [0.15, 0.2) is 24.3 Å². The van der Waals surface area contributed by atoms with Crippen molar-refractivity contribution in [2.45, 2.75) is 26.1 Å². The minimum Gasteiger partial charge on any atom is -0.497 e. The summed E-state index contributed by atoms with van der Waals surface area (Å²) in [5.41, 5.74) is 1.01.